The minimum absolute atomic E-state index is 0.267. The smallest absolute Gasteiger partial charge is 0.258 e. The number of nitrogens with one attached hydrogen (secondary N) is 1. The second-order valence-corrected chi connectivity index (χ2v) is 4.70. The number of hydrogen-bond acceptors (Lipinski definition) is 3. The lowest BCUT2D eigenvalue weighted by atomic mass is 10.2. The molecular weight excluding hydrogens is 318 g/mol. The number of carbonyl (C=O) groups excluding carboxylic acids is 1. The fourth-order valence-corrected chi connectivity index (χ4v) is 2.09. The van der Waals surface area contributed by atoms with Crippen molar-refractivity contribution >= 4 is 39.1 Å². The lowest BCUT2D eigenvalue weighted by molar-refractivity contribution is 0.102. The van der Waals surface area contributed by atoms with Crippen molar-refractivity contribution in [2.45, 2.75) is 6.92 Å². The average molecular weight is 327 g/mol. The van der Waals surface area contributed by atoms with Crippen LogP contribution in [0.15, 0.2) is 35.2 Å². The summed E-state index contributed by atoms with van der Waals surface area (Å²) in [5.74, 6) is -0.284. The predicted octanol–water partition coefficient (Wildman–Crippen LogP) is 3.45. The third-order valence-corrected chi connectivity index (χ3v) is 3.27. The Bertz CT molecular complexity index is 583. The molecule has 18 heavy (non-hydrogen) atoms. The Morgan fingerprint density at radius 3 is 2.78 bits per heavy atom. The standard InChI is InChI=1S/C12H9BrClN3O/c1-7-4-6-16-11(14)9(7)17-12(18)8-3-2-5-15-10(8)13/h2-6H,1H3,(H,17,18). The lowest BCUT2D eigenvalue weighted by Crippen LogP contribution is -2.14. The zero-order valence-electron chi connectivity index (χ0n) is 9.45. The average Bonchev–Trinajstić information content (AvgIpc) is 2.34. The molecule has 0 saturated heterocycles. The van der Waals surface area contributed by atoms with E-state index in [2.05, 4.69) is 31.2 Å². The van der Waals surface area contributed by atoms with E-state index < -0.39 is 0 Å². The van der Waals surface area contributed by atoms with Crippen LogP contribution >= 0.6 is 27.5 Å². The molecule has 0 fully saturated rings. The topological polar surface area (TPSA) is 54.9 Å². The first-order valence-corrected chi connectivity index (χ1v) is 6.29. The summed E-state index contributed by atoms with van der Waals surface area (Å²) in [7, 11) is 0. The van der Waals surface area contributed by atoms with E-state index in [9.17, 15) is 4.79 Å². The third-order valence-electron chi connectivity index (χ3n) is 2.36. The van der Waals surface area contributed by atoms with E-state index in [1.807, 2.05) is 6.92 Å². The van der Waals surface area contributed by atoms with Crippen molar-refractivity contribution in [3.63, 3.8) is 0 Å². The Balaban J connectivity index is 2.30. The number of pyridine rings is 2. The van der Waals surface area contributed by atoms with Gasteiger partial charge in [-0.3, -0.25) is 4.79 Å². The minimum atomic E-state index is -0.284. The molecule has 0 aliphatic rings. The van der Waals surface area contributed by atoms with E-state index in [-0.39, 0.29) is 11.1 Å². The minimum Gasteiger partial charge on any atom is -0.319 e. The number of hydrogen-bond donors (Lipinski definition) is 1. The van der Waals surface area contributed by atoms with Crippen molar-refractivity contribution in [2.24, 2.45) is 0 Å². The molecule has 2 rings (SSSR count). The SMILES string of the molecule is Cc1ccnc(Cl)c1NC(=O)c1cccnc1Br. The summed E-state index contributed by atoms with van der Waals surface area (Å²) in [6, 6.07) is 5.14. The van der Waals surface area contributed by atoms with Crippen LogP contribution in [0.5, 0.6) is 0 Å². The summed E-state index contributed by atoms with van der Waals surface area (Å²) in [5, 5.41) is 3.00. The molecule has 1 N–H and O–H groups in total. The second kappa shape index (κ2) is 5.46. The number of halogens is 2. The van der Waals surface area contributed by atoms with E-state index >= 15 is 0 Å². The summed E-state index contributed by atoms with van der Waals surface area (Å²) >= 11 is 9.17. The highest BCUT2D eigenvalue weighted by Crippen LogP contribution is 2.24. The van der Waals surface area contributed by atoms with Crippen molar-refractivity contribution in [1.82, 2.24) is 9.97 Å². The van der Waals surface area contributed by atoms with Gasteiger partial charge in [-0.1, -0.05) is 11.6 Å². The first-order chi connectivity index (χ1) is 8.59. The molecule has 6 heteroatoms. The quantitative estimate of drug-likeness (QED) is 0.860. The Morgan fingerprint density at radius 1 is 1.33 bits per heavy atom. The van der Waals surface area contributed by atoms with E-state index in [1.165, 1.54) is 0 Å². The molecule has 4 nitrogen and oxygen atoms in total. The van der Waals surface area contributed by atoms with Crippen molar-refractivity contribution < 1.29 is 4.79 Å². The van der Waals surface area contributed by atoms with Gasteiger partial charge >= 0.3 is 0 Å². The molecule has 0 radical (unpaired) electrons. The molecule has 0 unspecified atom stereocenters. The Hall–Kier alpha value is -1.46. The molecule has 0 atom stereocenters. The molecule has 0 aromatic carbocycles. The summed E-state index contributed by atoms with van der Waals surface area (Å²) < 4.78 is 0.486. The molecule has 0 aliphatic carbocycles. The van der Waals surface area contributed by atoms with E-state index in [0.717, 1.165) is 5.56 Å². The number of carbonyl (C=O) groups is 1. The van der Waals surface area contributed by atoms with Gasteiger partial charge in [0.05, 0.1) is 11.3 Å². The van der Waals surface area contributed by atoms with E-state index in [1.54, 1.807) is 30.6 Å². The van der Waals surface area contributed by atoms with Gasteiger partial charge in [0.2, 0.25) is 0 Å². The summed E-state index contributed by atoms with van der Waals surface area (Å²) in [6.45, 7) is 1.85. The van der Waals surface area contributed by atoms with Crippen molar-refractivity contribution in [3.05, 3.63) is 51.5 Å². The van der Waals surface area contributed by atoms with Crippen LogP contribution in [0, 0.1) is 6.92 Å². The number of amides is 1. The molecule has 0 bridgehead atoms. The number of nitrogens with zero attached hydrogens (tertiary/aromatic N) is 2. The van der Waals surface area contributed by atoms with Gasteiger partial charge in [-0.15, -0.1) is 0 Å². The highest BCUT2D eigenvalue weighted by atomic mass is 79.9. The monoisotopic (exact) mass is 325 g/mol. The maximum absolute atomic E-state index is 12.1. The highest BCUT2D eigenvalue weighted by molar-refractivity contribution is 9.10. The normalized spacial score (nSPS) is 10.2. The van der Waals surface area contributed by atoms with Crippen molar-refractivity contribution in [2.75, 3.05) is 5.32 Å². The van der Waals surface area contributed by atoms with Gasteiger partial charge in [0.25, 0.3) is 5.91 Å². The van der Waals surface area contributed by atoms with Gasteiger partial charge in [0, 0.05) is 12.4 Å². The Kier molecular flexibility index (Phi) is 3.93. The van der Waals surface area contributed by atoms with Gasteiger partial charge in [-0.05, 0) is 46.6 Å². The number of rotatable bonds is 2. The van der Waals surface area contributed by atoms with Crippen LogP contribution in [0.4, 0.5) is 5.69 Å². The third kappa shape index (κ3) is 2.68. The van der Waals surface area contributed by atoms with Gasteiger partial charge in [0.15, 0.2) is 5.15 Å². The van der Waals surface area contributed by atoms with Crippen LogP contribution in [0.3, 0.4) is 0 Å². The molecule has 2 heterocycles. The Morgan fingerprint density at radius 2 is 2.11 bits per heavy atom. The van der Waals surface area contributed by atoms with E-state index in [4.69, 9.17) is 11.6 Å². The zero-order valence-corrected chi connectivity index (χ0v) is 11.8. The molecule has 0 spiro atoms. The highest BCUT2D eigenvalue weighted by Gasteiger charge is 2.13. The number of aromatic nitrogens is 2. The fraction of sp³-hybridized carbons (Fsp3) is 0.0833. The van der Waals surface area contributed by atoms with Crippen LogP contribution in [-0.2, 0) is 0 Å². The van der Waals surface area contributed by atoms with Crippen molar-refractivity contribution in [1.29, 1.82) is 0 Å². The van der Waals surface area contributed by atoms with Crippen LogP contribution in [0.1, 0.15) is 15.9 Å². The van der Waals surface area contributed by atoms with Crippen molar-refractivity contribution in [3.8, 4) is 0 Å². The van der Waals surface area contributed by atoms with Crippen LogP contribution in [-0.4, -0.2) is 15.9 Å². The number of anilines is 1. The summed E-state index contributed by atoms with van der Waals surface area (Å²) in [5.41, 5.74) is 1.81. The van der Waals surface area contributed by atoms with Crippen LogP contribution < -0.4 is 5.32 Å². The molecule has 0 saturated carbocycles. The van der Waals surface area contributed by atoms with Gasteiger partial charge < -0.3 is 5.32 Å². The van der Waals surface area contributed by atoms with Gasteiger partial charge in [0.1, 0.15) is 4.60 Å². The first kappa shape index (κ1) is 13.0. The van der Waals surface area contributed by atoms with Crippen LogP contribution in [0.25, 0.3) is 0 Å². The number of aryl methyl sites for hydroxylation is 1. The molecule has 2 aromatic heterocycles. The van der Waals surface area contributed by atoms with Crippen LogP contribution in [0.2, 0.25) is 5.15 Å². The first-order valence-electron chi connectivity index (χ1n) is 5.12. The summed E-state index contributed by atoms with van der Waals surface area (Å²) in [6.07, 6.45) is 3.19. The zero-order chi connectivity index (χ0) is 13.1. The molecule has 0 aliphatic heterocycles. The van der Waals surface area contributed by atoms with E-state index in [0.29, 0.717) is 15.9 Å². The maximum atomic E-state index is 12.1. The second-order valence-electron chi connectivity index (χ2n) is 3.59. The Labute approximate surface area is 118 Å². The van der Waals surface area contributed by atoms with Gasteiger partial charge in [-0.2, -0.15) is 0 Å². The largest absolute Gasteiger partial charge is 0.319 e. The molecule has 2 aromatic rings. The molecule has 92 valence electrons. The summed E-state index contributed by atoms with van der Waals surface area (Å²) in [4.78, 5) is 20.0. The fourth-order valence-electron chi connectivity index (χ4n) is 1.41. The maximum Gasteiger partial charge on any atom is 0.258 e. The molecule has 1 amide bonds. The lowest BCUT2D eigenvalue weighted by Gasteiger charge is -2.09. The predicted molar refractivity (Wildman–Crippen MR) is 73.9 cm³/mol. The van der Waals surface area contributed by atoms with Gasteiger partial charge in [-0.25, -0.2) is 9.97 Å². The molecular formula is C12H9BrClN3O.